The zero-order valence-electron chi connectivity index (χ0n) is 11.7. The Morgan fingerprint density at radius 3 is 2.60 bits per heavy atom. The number of rotatable bonds is 4. The van der Waals surface area contributed by atoms with Gasteiger partial charge in [-0.05, 0) is 59.1 Å². The van der Waals surface area contributed by atoms with Crippen molar-refractivity contribution in [2.45, 2.75) is 20.4 Å². The number of nitrogens with zero attached hydrogens (tertiary/aromatic N) is 1. The molecule has 20 heavy (non-hydrogen) atoms. The molecule has 2 rings (SSSR count). The van der Waals surface area contributed by atoms with Crippen molar-refractivity contribution in [3.8, 4) is 5.75 Å². The van der Waals surface area contributed by atoms with Crippen LogP contribution in [-0.2, 0) is 6.54 Å². The molecule has 0 saturated carbocycles. The van der Waals surface area contributed by atoms with Gasteiger partial charge >= 0.3 is 0 Å². The highest BCUT2D eigenvalue weighted by Crippen LogP contribution is 2.27. The molecule has 0 heterocycles. The van der Waals surface area contributed by atoms with Crippen molar-refractivity contribution in [2.24, 2.45) is 0 Å². The lowest BCUT2D eigenvalue weighted by Gasteiger charge is -2.25. The van der Waals surface area contributed by atoms with E-state index in [1.165, 1.54) is 0 Å². The van der Waals surface area contributed by atoms with Gasteiger partial charge in [0.05, 0.1) is 0 Å². The van der Waals surface area contributed by atoms with Crippen molar-refractivity contribution in [3.63, 3.8) is 0 Å². The van der Waals surface area contributed by atoms with Gasteiger partial charge in [-0.3, -0.25) is 0 Å². The number of aryl methyl sites for hydroxylation is 1. The number of benzene rings is 2. The van der Waals surface area contributed by atoms with E-state index in [9.17, 15) is 5.11 Å². The van der Waals surface area contributed by atoms with E-state index < -0.39 is 0 Å². The van der Waals surface area contributed by atoms with Gasteiger partial charge in [-0.2, -0.15) is 0 Å². The Morgan fingerprint density at radius 2 is 1.95 bits per heavy atom. The zero-order chi connectivity index (χ0) is 14.7. The molecule has 2 aromatic rings. The fourth-order valence-electron chi connectivity index (χ4n) is 2.22. The van der Waals surface area contributed by atoms with E-state index in [-0.39, 0.29) is 0 Å². The summed E-state index contributed by atoms with van der Waals surface area (Å²) in [7, 11) is 0. The normalized spacial score (nSPS) is 10.6. The molecule has 4 heteroatoms. The highest BCUT2D eigenvalue weighted by Gasteiger charge is 2.10. The second-order valence-corrected chi connectivity index (χ2v) is 5.70. The van der Waals surface area contributed by atoms with Crippen molar-refractivity contribution in [3.05, 3.63) is 52.0 Å². The minimum atomic E-state index is 0.291. The Kier molecular flexibility index (Phi) is 4.55. The second kappa shape index (κ2) is 6.18. The molecule has 0 aliphatic rings. The highest BCUT2D eigenvalue weighted by molar-refractivity contribution is 9.10. The number of nitrogens with two attached hydrogens (primary N) is 1. The maximum Gasteiger partial charge on any atom is 0.117 e. The van der Waals surface area contributed by atoms with Crippen molar-refractivity contribution >= 4 is 27.3 Å². The number of hydrogen-bond acceptors (Lipinski definition) is 3. The molecule has 0 amide bonds. The van der Waals surface area contributed by atoms with Crippen LogP contribution in [0.5, 0.6) is 5.75 Å². The first-order chi connectivity index (χ1) is 9.51. The third-order valence-corrected chi connectivity index (χ3v) is 4.07. The molecule has 0 radical (unpaired) electrons. The van der Waals surface area contributed by atoms with E-state index in [0.717, 1.165) is 40.1 Å². The number of aromatic hydroxyl groups is 1. The summed E-state index contributed by atoms with van der Waals surface area (Å²) in [6.07, 6.45) is 0. The van der Waals surface area contributed by atoms with E-state index in [2.05, 4.69) is 33.8 Å². The molecule has 0 unspecified atom stereocenters. The Bertz CT molecular complexity index is 613. The molecule has 0 aliphatic carbocycles. The number of phenolic OH excluding ortho intramolecular Hbond substituents is 1. The van der Waals surface area contributed by atoms with Gasteiger partial charge < -0.3 is 15.7 Å². The average Bonchev–Trinajstić information content (AvgIpc) is 2.43. The molecule has 0 bridgehead atoms. The topological polar surface area (TPSA) is 49.5 Å². The van der Waals surface area contributed by atoms with Crippen molar-refractivity contribution < 1.29 is 5.11 Å². The van der Waals surface area contributed by atoms with Crippen LogP contribution >= 0.6 is 15.9 Å². The van der Waals surface area contributed by atoms with Gasteiger partial charge in [-0.1, -0.05) is 12.1 Å². The van der Waals surface area contributed by atoms with Crippen molar-refractivity contribution in [1.82, 2.24) is 0 Å². The molecule has 0 aromatic heterocycles. The summed E-state index contributed by atoms with van der Waals surface area (Å²) >= 11 is 3.41. The van der Waals surface area contributed by atoms with Crippen LogP contribution < -0.4 is 10.6 Å². The zero-order valence-corrected chi connectivity index (χ0v) is 13.3. The quantitative estimate of drug-likeness (QED) is 0.828. The summed E-state index contributed by atoms with van der Waals surface area (Å²) in [4.78, 5) is 2.22. The lowest BCUT2D eigenvalue weighted by atomic mass is 10.1. The van der Waals surface area contributed by atoms with Crippen LogP contribution in [0.2, 0.25) is 0 Å². The van der Waals surface area contributed by atoms with E-state index >= 15 is 0 Å². The summed E-state index contributed by atoms with van der Waals surface area (Å²) in [5, 5.41) is 9.68. The number of halogens is 1. The molecular formula is C16H19BrN2O. The first-order valence-electron chi connectivity index (χ1n) is 6.59. The molecule has 0 saturated heterocycles. The Balaban J connectivity index is 2.28. The number of nitrogen functional groups attached to an aromatic ring is 1. The monoisotopic (exact) mass is 334 g/mol. The maximum atomic E-state index is 9.68. The first kappa shape index (κ1) is 14.7. The Hall–Kier alpha value is -1.68. The van der Waals surface area contributed by atoms with Gasteiger partial charge in [0.1, 0.15) is 5.75 Å². The molecule has 2 aromatic carbocycles. The summed E-state index contributed by atoms with van der Waals surface area (Å²) in [6.45, 7) is 5.78. The first-order valence-corrected chi connectivity index (χ1v) is 7.39. The molecule has 0 spiro atoms. The van der Waals surface area contributed by atoms with E-state index in [1.54, 1.807) is 12.1 Å². The number of hydrogen-bond donors (Lipinski definition) is 2. The van der Waals surface area contributed by atoms with Gasteiger partial charge in [-0.15, -0.1) is 0 Å². The number of anilines is 2. The van der Waals surface area contributed by atoms with Crippen LogP contribution in [0, 0.1) is 6.92 Å². The Labute approximate surface area is 128 Å². The SMILES string of the molecule is CCN(Cc1ccc(Br)c(N)c1)c1cc(O)ccc1C. The van der Waals surface area contributed by atoms with Crippen LogP contribution in [0.4, 0.5) is 11.4 Å². The highest BCUT2D eigenvalue weighted by atomic mass is 79.9. The fraction of sp³-hybridized carbons (Fsp3) is 0.250. The van der Waals surface area contributed by atoms with E-state index in [0.29, 0.717) is 5.75 Å². The van der Waals surface area contributed by atoms with Crippen LogP contribution in [0.1, 0.15) is 18.1 Å². The van der Waals surface area contributed by atoms with Crippen LogP contribution in [0.15, 0.2) is 40.9 Å². The van der Waals surface area contributed by atoms with Gasteiger partial charge in [0.15, 0.2) is 0 Å². The third-order valence-electron chi connectivity index (χ3n) is 3.35. The predicted octanol–water partition coefficient (Wildman–Crippen LogP) is 4.07. The summed E-state index contributed by atoms with van der Waals surface area (Å²) in [6, 6.07) is 11.5. The van der Waals surface area contributed by atoms with Crippen molar-refractivity contribution in [2.75, 3.05) is 17.2 Å². The van der Waals surface area contributed by atoms with Gasteiger partial charge in [0, 0.05) is 35.0 Å². The molecule has 0 fully saturated rings. The minimum Gasteiger partial charge on any atom is -0.508 e. The standard InChI is InChI=1S/C16H19BrN2O/c1-3-19(16-9-13(20)6-4-11(16)2)10-12-5-7-14(17)15(18)8-12/h4-9,20H,3,10,18H2,1-2H3. The summed E-state index contributed by atoms with van der Waals surface area (Å²) in [5.41, 5.74) is 10.0. The summed E-state index contributed by atoms with van der Waals surface area (Å²) < 4.78 is 0.915. The lowest BCUT2D eigenvalue weighted by molar-refractivity contribution is 0.475. The molecular weight excluding hydrogens is 316 g/mol. The number of phenols is 1. The fourth-order valence-corrected chi connectivity index (χ4v) is 2.46. The van der Waals surface area contributed by atoms with Crippen molar-refractivity contribution in [1.29, 1.82) is 0 Å². The van der Waals surface area contributed by atoms with Crippen LogP contribution in [0.3, 0.4) is 0 Å². The maximum absolute atomic E-state index is 9.68. The Morgan fingerprint density at radius 1 is 1.20 bits per heavy atom. The third kappa shape index (κ3) is 3.25. The van der Waals surface area contributed by atoms with Crippen LogP contribution in [0.25, 0.3) is 0 Å². The van der Waals surface area contributed by atoms with Gasteiger partial charge in [0.2, 0.25) is 0 Å². The molecule has 0 aliphatic heterocycles. The predicted molar refractivity (Wildman–Crippen MR) is 88.1 cm³/mol. The lowest BCUT2D eigenvalue weighted by Crippen LogP contribution is -2.22. The molecule has 3 N–H and O–H groups in total. The largest absolute Gasteiger partial charge is 0.508 e. The second-order valence-electron chi connectivity index (χ2n) is 4.84. The van der Waals surface area contributed by atoms with Crippen LogP contribution in [-0.4, -0.2) is 11.7 Å². The minimum absolute atomic E-state index is 0.291. The van der Waals surface area contributed by atoms with Gasteiger partial charge in [0.25, 0.3) is 0 Å². The van der Waals surface area contributed by atoms with E-state index in [4.69, 9.17) is 5.73 Å². The van der Waals surface area contributed by atoms with Gasteiger partial charge in [-0.25, -0.2) is 0 Å². The average molecular weight is 335 g/mol. The van der Waals surface area contributed by atoms with E-state index in [1.807, 2.05) is 25.1 Å². The molecule has 106 valence electrons. The molecule has 3 nitrogen and oxygen atoms in total. The summed E-state index contributed by atoms with van der Waals surface area (Å²) in [5.74, 6) is 0.291. The smallest absolute Gasteiger partial charge is 0.117 e. The molecule has 0 atom stereocenters.